The number of para-hydroxylation sites is 1. The Morgan fingerprint density at radius 3 is 2.50 bits per heavy atom. The van der Waals surface area contributed by atoms with Crippen molar-refractivity contribution < 1.29 is 4.79 Å². The van der Waals surface area contributed by atoms with Crippen LogP contribution < -0.4 is 10.2 Å². The largest absolute Gasteiger partial charge is 0.363 e. The minimum atomic E-state index is -0.0678. The van der Waals surface area contributed by atoms with Gasteiger partial charge in [0.15, 0.2) is 0 Å². The molecule has 1 N–H and O–H groups in total. The summed E-state index contributed by atoms with van der Waals surface area (Å²) in [6.07, 6.45) is 3.16. The van der Waals surface area contributed by atoms with E-state index < -0.39 is 0 Å². The van der Waals surface area contributed by atoms with Gasteiger partial charge in [-0.05, 0) is 43.7 Å². The van der Waals surface area contributed by atoms with Crippen LogP contribution in [0.1, 0.15) is 25.5 Å². The SMILES string of the molecule is CCN(CC(=O)NC(C)c1ccc(-n2cncn2)cc1)c1ccccc1. The molecule has 0 bridgehead atoms. The molecule has 0 spiro atoms. The minimum absolute atomic E-state index is 0.00329. The summed E-state index contributed by atoms with van der Waals surface area (Å²) >= 11 is 0. The summed E-state index contributed by atoms with van der Waals surface area (Å²) in [7, 11) is 0. The van der Waals surface area contributed by atoms with Crippen molar-refractivity contribution in [2.75, 3.05) is 18.0 Å². The third kappa shape index (κ3) is 4.27. The quantitative estimate of drug-likeness (QED) is 0.712. The molecule has 2 aromatic carbocycles. The summed E-state index contributed by atoms with van der Waals surface area (Å²) in [5, 5.41) is 7.18. The normalized spacial score (nSPS) is 11.8. The van der Waals surface area contributed by atoms with Gasteiger partial charge in [-0.15, -0.1) is 0 Å². The number of carbonyl (C=O) groups excluding carboxylic acids is 1. The van der Waals surface area contributed by atoms with Gasteiger partial charge in [-0.1, -0.05) is 30.3 Å². The number of amides is 1. The van der Waals surface area contributed by atoms with E-state index in [0.717, 1.165) is 23.5 Å². The first-order chi connectivity index (χ1) is 12.7. The van der Waals surface area contributed by atoms with Crippen LogP contribution in [0.4, 0.5) is 5.69 Å². The molecule has 3 aromatic rings. The number of anilines is 1. The highest BCUT2D eigenvalue weighted by Gasteiger charge is 2.13. The molecule has 0 aliphatic heterocycles. The molecule has 26 heavy (non-hydrogen) atoms. The lowest BCUT2D eigenvalue weighted by Gasteiger charge is -2.24. The Bertz CT molecular complexity index is 815. The summed E-state index contributed by atoms with van der Waals surface area (Å²) in [4.78, 5) is 18.4. The first kappa shape index (κ1) is 17.7. The van der Waals surface area contributed by atoms with Crippen molar-refractivity contribution in [1.29, 1.82) is 0 Å². The summed E-state index contributed by atoms with van der Waals surface area (Å²) in [6.45, 7) is 5.15. The monoisotopic (exact) mass is 349 g/mol. The summed E-state index contributed by atoms with van der Waals surface area (Å²) in [5.74, 6) is 0.00329. The van der Waals surface area contributed by atoms with Gasteiger partial charge in [0.05, 0.1) is 18.3 Å². The molecule has 0 fully saturated rings. The molecule has 134 valence electrons. The molecule has 1 unspecified atom stereocenters. The predicted octanol–water partition coefficient (Wildman–Crippen LogP) is 2.97. The fourth-order valence-electron chi connectivity index (χ4n) is 2.83. The van der Waals surface area contributed by atoms with Gasteiger partial charge in [0.25, 0.3) is 0 Å². The number of benzene rings is 2. The molecule has 1 atom stereocenters. The Hall–Kier alpha value is -3.15. The van der Waals surface area contributed by atoms with Crippen molar-refractivity contribution in [1.82, 2.24) is 20.1 Å². The predicted molar refractivity (Wildman–Crippen MR) is 102 cm³/mol. The van der Waals surface area contributed by atoms with E-state index in [4.69, 9.17) is 0 Å². The number of rotatable bonds is 7. The average molecular weight is 349 g/mol. The van der Waals surface area contributed by atoms with Crippen molar-refractivity contribution in [3.63, 3.8) is 0 Å². The van der Waals surface area contributed by atoms with Gasteiger partial charge in [0, 0.05) is 12.2 Å². The van der Waals surface area contributed by atoms with Gasteiger partial charge in [-0.2, -0.15) is 5.10 Å². The fraction of sp³-hybridized carbons (Fsp3) is 0.250. The minimum Gasteiger partial charge on any atom is -0.363 e. The molecule has 6 heteroatoms. The standard InChI is InChI=1S/C20H23N5O/c1-3-24(18-7-5-4-6-8-18)13-20(26)23-16(2)17-9-11-19(12-10-17)25-15-21-14-22-25/h4-12,14-16H,3,13H2,1-2H3,(H,23,26). The van der Waals surface area contributed by atoms with Crippen LogP contribution in [-0.2, 0) is 4.79 Å². The van der Waals surface area contributed by atoms with Crippen LogP contribution in [0.15, 0.2) is 67.3 Å². The molecule has 1 heterocycles. The number of carbonyl (C=O) groups is 1. The van der Waals surface area contributed by atoms with Crippen molar-refractivity contribution >= 4 is 11.6 Å². The average Bonchev–Trinajstić information content (AvgIpc) is 3.21. The Labute approximate surface area is 153 Å². The van der Waals surface area contributed by atoms with Crippen molar-refractivity contribution in [3.05, 3.63) is 72.8 Å². The Balaban J connectivity index is 1.60. The fourth-order valence-corrected chi connectivity index (χ4v) is 2.83. The maximum atomic E-state index is 12.4. The summed E-state index contributed by atoms with van der Waals surface area (Å²) in [6, 6.07) is 17.8. The zero-order valence-corrected chi connectivity index (χ0v) is 15.0. The first-order valence-corrected chi connectivity index (χ1v) is 8.71. The van der Waals surface area contributed by atoms with Crippen molar-refractivity contribution in [2.24, 2.45) is 0 Å². The summed E-state index contributed by atoms with van der Waals surface area (Å²) < 4.78 is 1.70. The number of nitrogens with one attached hydrogen (secondary N) is 1. The third-order valence-electron chi connectivity index (χ3n) is 4.29. The Kier molecular flexibility index (Phi) is 5.63. The number of nitrogens with zero attached hydrogens (tertiary/aromatic N) is 4. The van der Waals surface area contributed by atoms with E-state index in [1.165, 1.54) is 6.33 Å². The van der Waals surface area contributed by atoms with E-state index in [1.54, 1.807) is 11.0 Å². The van der Waals surface area contributed by atoms with E-state index in [0.29, 0.717) is 6.54 Å². The number of aromatic nitrogens is 3. The van der Waals surface area contributed by atoms with Gasteiger partial charge in [0.2, 0.25) is 5.91 Å². The lowest BCUT2D eigenvalue weighted by Crippen LogP contribution is -2.38. The molecule has 0 aliphatic carbocycles. The molecule has 0 saturated heterocycles. The van der Waals surface area contributed by atoms with Crippen molar-refractivity contribution in [3.8, 4) is 5.69 Å². The van der Waals surface area contributed by atoms with Crippen LogP contribution in [0.3, 0.4) is 0 Å². The lowest BCUT2D eigenvalue weighted by molar-refractivity contribution is -0.120. The van der Waals surface area contributed by atoms with E-state index in [-0.39, 0.29) is 11.9 Å². The molecule has 0 aliphatic rings. The maximum absolute atomic E-state index is 12.4. The highest BCUT2D eigenvalue weighted by atomic mass is 16.2. The molecule has 0 saturated carbocycles. The van der Waals surface area contributed by atoms with Crippen LogP contribution in [0, 0.1) is 0 Å². The number of likely N-dealkylation sites (N-methyl/N-ethyl adjacent to an activating group) is 1. The second-order valence-electron chi connectivity index (χ2n) is 6.07. The molecular formula is C20H23N5O. The molecule has 6 nitrogen and oxygen atoms in total. The van der Waals surface area contributed by atoms with E-state index in [1.807, 2.05) is 68.4 Å². The van der Waals surface area contributed by atoms with E-state index >= 15 is 0 Å². The second kappa shape index (κ2) is 8.29. The van der Waals surface area contributed by atoms with Gasteiger partial charge in [0.1, 0.15) is 12.7 Å². The van der Waals surface area contributed by atoms with Gasteiger partial charge < -0.3 is 10.2 Å². The highest BCUT2D eigenvalue weighted by molar-refractivity contribution is 5.81. The molecular weight excluding hydrogens is 326 g/mol. The zero-order chi connectivity index (χ0) is 18.4. The molecule has 0 radical (unpaired) electrons. The van der Waals surface area contributed by atoms with Crippen LogP contribution in [-0.4, -0.2) is 33.8 Å². The van der Waals surface area contributed by atoms with Gasteiger partial charge >= 0.3 is 0 Å². The first-order valence-electron chi connectivity index (χ1n) is 8.71. The molecule has 3 rings (SSSR count). The van der Waals surface area contributed by atoms with Gasteiger partial charge in [-0.25, -0.2) is 9.67 Å². The van der Waals surface area contributed by atoms with Crippen LogP contribution >= 0.6 is 0 Å². The topological polar surface area (TPSA) is 63.1 Å². The number of hydrogen-bond donors (Lipinski definition) is 1. The van der Waals surface area contributed by atoms with Crippen LogP contribution in [0.2, 0.25) is 0 Å². The lowest BCUT2D eigenvalue weighted by atomic mass is 10.1. The van der Waals surface area contributed by atoms with Crippen molar-refractivity contribution in [2.45, 2.75) is 19.9 Å². The highest BCUT2D eigenvalue weighted by Crippen LogP contribution is 2.16. The summed E-state index contributed by atoms with van der Waals surface area (Å²) in [5.41, 5.74) is 3.03. The van der Waals surface area contributed by atoms with Crippen LogP contribution in [0.5, 0.6) is 0 Å². The number of hydrogen-bond acceptors (Lipinski definition) is 4. The smallest absolute Gasteiger partial charge is 0.239 e. The van der Waals surface area contributed by atoms with Crippen LogP contribution in [0.25, 0.3) is 5.69 Å². The van der Waals surface area contributed by atoms with E-state index in [9.17, 15) is 4.79 Å². The molecule has 1 aromatic heterocycles. The third-order valence-corrected chi connectivity index (χ3v) is 4.29. The Morgan fingerprint density at radius 1 is 1.15 bits per heavy atom. The van der Waals surface area contributed by atoms with Gasteiger partial charge in [-0.3, -0.25) is 4.79 Å². The molecule has 1 amide bonds. The zero-order valence-electron chi connectivity index (χ0n) is 15.0. The van der Waals surface area contributed by atoms with E-state index in [2.05, 4.69) is 20.3 Å². The Morgan fingerprint density at radius 2 is 1.88 bits per heavy atom. The maximum Gasteiger partial charge on any atom is 0.239 e. The second-order valence-corrected chi connectivity index (χ2v) is 6.07.